The molecule has 23 heavy (non-hydrogen) atoms. The third kappa shape index (κ3) is 3.45. The number of carbonyl (C=O) groups excluding carboxylic acids is 1. The van der Waals surface area contributed by atoms with Crippen molar-refractivity contribution in [2.45, 2.75) is 12.1 Å². The van der Waals surface area contributed by atoms with Crippen molar-refractivity contribution in [2.75, 3.05) is 12.3 Å². The molecule has 3 rings (SSSR count). The van der Waals surface area contributed by atoms with Gasteiger partial charge < -0.3 is 9.73 Å². The minimum absolute atomic E-state index is 0.0281. The van der Waals surface area contributed by atoms with Crippen LogP contribution < -0.4 is 5.32 Å². The molecule has 0 aliphatic rings. The van der Waals surface area contributed by atoms with Crippen molar-refractivity contribution in [2.24, 2.45) is 0 Å². The maximum atomic E-state index is 11.7. The van der Waals surface area contributed by atoms with Crippen LogP contribution in [-0.2, 0) is 4.79 Å². The Morgan fingerprint density at radius 2 is 2.04 bits per heavy atom. The Bertz CT molecular complexity index is 769. The predicted molar refractivity (Wildman–Crippen MR) is 88.5 cm³/mol. The fourth-order valence-corrected chi connectivity index (χ4v) is 2.90. The highest BCUT2D eigenvalue weighted by Gasteiger charge is 2.18. The average Bonchev–Trinajstić information content (AvgIpc) is 3.23. The van der Waals surface area contributed by atoms with Crippen LogP contribution >= 0.6 is 11.8 Å². The molecule has 7 heteroatoms. The second-order valence-electron chi connectivity index (χ2n) is 4.70. The summed E-state index contributed by atoms with van der Waals surface area (Å²) >= 11 is 1.34. The molecule has 0 radical (unpaired) electrons. The van der Waals surface area contributed by atoms with E-state index in [-0.39, 0.29) is 11.7 Å². The van der Waals surface area contributed by atoms with Gasteiger partial charge >= 0.3 is 0 Å². The minimum Gasteiger partial charge on any atom is -0.461 e. The largest absolute Gasteiger partial charge is 0.461 e. The van der Waals surface area contributed by atoms with Crippen molar-refractivity contribution in [1.82, 2.24) is 20.1 Å². The van der Waals surface area contributed by atoms with E-state index in [0.29, 0.717) is 23.3 Å². The number of hydrogen-bond donors (Lipinski definition) is 1. The van der Waals surface area contributed by atoms with Crippen molar-refractivity contribution in [3.8, 4) is 17.3 Å². The van der Waals surface area contributed by atoms with Crippen LogP contribution in [0.1, 0.15) is 6.92 Å². The number of amides is 1. The molecule has 0 aliphatic heterocycles. The van der Waals surface area contributed by atoms with E-state index in [9.17, 15) is 4.79 Å². The second-order valence-corrected chi connectivity index (χ2v) is 5.64. The van der Waals surface area contributed by atoms with E-state index in [2.05, 4.69) is 15.5 Å². The molecule has 3 aromatic rings. The molecule has 0 aliphatic carbocycles. The maximum absolute atomic E-state index is 11.7. The molecule has 118 valence electrons. The van der Waals surface area contributed by atoms with Crippen LogP contribution in [0.2, 0.25) is 0 Å². The molecule has 2 heterocycles. The molecule has 0 saturated heterocycles. The summed E-state index contributed by atoms with van der Waals surface area (Å²) in [6, 6.07) is 13.4. The van der Waals surface area contributed by atoms with E-state index in [4.69, 9.17) is 4.42 Å². The van der Waals surface area contributed by atoms with Gasteiger partial charge in [-0.05, 0) is 31.2 Å². The Morgan fingerprint density at radius 1 is 1.22 bits per heavy atom. The number of aromatic nitrogens is 3. The number of nitrogens with one attached hydrogen (secondary N) is 1. The van der Waals surface area contributed by atoms with Gasteiger partial charge in [-0.2, -0.15) is 0 Å². The Balaban J connectivity index is 1.95. The lowest BCUT2D eigenvalue weighted by atomic mass is 10.3. The summed E-state index contributed by atoms with van der Waals surface area (Å²) in [6.45, 7) is 2.51. The third-order valence-electron chi connectivity index (χ3n) is 3.10. The Hall–Kier alpha value is -2.54. The van der Waals surface area contributed by atoms with E-state index in [0.717, 1.165) is 5.69 Å². The molecule has 0 saturated carbocycles. The quantitative estimate of drug-likeness (QED) is 0.704. The van der Waals surface area contributed by atoms with Crippen LogP contribution in [0.15, 0.2) is 58.3 Å². The molecule has 1 aromatic carbocycles. The number of benzene rings is 1. The number of carbonyl (C=O) groups is 1. The molecule has 0 atom stereocenters. The molecule has 0 unspecified atom stereocenters. The molecule has 0 fully saturated rings. The molecule has 2 aromatic heterocycles. The van der Waals surface area contributed by atoms with Gasteiger partial charge in [0.1, 0.15) is 0 Å². The number of nitrogens with zero attached hydrogens (tertiary/aromatic N) is 3. The molecule has 6 nitrogen and oxygen atoms in total. The van der Waals surface area contributed by atoms with E-state index >= 15 is 0 Å². The number of para-hydroxylation sites is 1. The topological polar surface area (TPSA) is 73.0 Å². The molecule has 0 spiro atoms. The Labute approximate surface area is 137 Å². The summed E-state index contributed by atoms with van der Waals surface area (Å²) in [4.78, 5) is 11.7. The number of hydrogen-bond acceptors (Lipinski definition) is 5. The second kappa shape index (κ2) is 7.15. The minimum atomic E-state index is -0.0281. The molecule has 1 N–H and O–H groups in total. The van der Waals surface area contributed by atoms with Crippen LogP contribution in [0.5, 0.6) is 0 Å². The first-order valence-corrected chi connectivity index (χ1v) is 8.22. The van der Waals surface area contributed by atoms with Crippen LogP contribution in [-0.4, -0.2) is 33.0 Å². The third-order valence-corrected chi connectivity index (χ3v) is 4.02. The summed E-state index contributed by atoms with van der Waals surface area (Å²) in [5.74, 6) is 1.50. The lowest BCUT2D eigenvalue weighted by Crippen LogP contribution is -2.24. The molecule has 0 bridgehead atoms. The zero-order valence-corrected chi connectivity index (χ0v) is 13.4. The van der Waals surface area contributed by atoms with Crippen molar-refractivity contribution in [1.29, 1.82) is 0 Å². The van der Waals surface area contributed by atoms with Crippen molar-refractivity contribution >= 4 is 17.7 Å². The summed E-state index contributed by atoms with van der Waals surface area (Å²) in [7, 11) is 0. The van der Waals surface area contributed by atoms with Gasteiger partial charge in [0.05, 0.1) is 12.0 Å². The van der Waals surface area contributed by atoms with Crippen LogP contribution in [0.4, 0.5) is 0 Å². The van der Waals surface area contributed by atoms with Gasteiger partial charge in [-0.1, -0.05) is 30.0 Å². The van der Waals surface area contributed by atoms with Gasteiger partial charge in [0.2, 0.25) is 11.7 Å². The fourth-order valence-electron chi connectivity index (χ4n) is 2.12. The van der Waals surface area contributed by atoms with Gasteiger partial charge in [0.15, 0.2) is 10.9 Å². The fraction of sp³-hybridized carbons (Fsp3) is 0.188. The number of thioether (sulfide) groups is 1. The van der Waals surface area contributed by atoms with Gasteiger partial charge in [-0.3, -0.25) is 9.36 Å². The van der Waals surface area contributed by atoms with Crippen LogP contribution in [0.25, 0.3) is 17.3 Å². The van der Waals surface area contributed by atoms with Gasteiger partial charge in [0.25, 0.3) is 0 Å². The van der Waals surface area contributed by atoms with E-state index < -0.39 is 0 Å². The Kier molecular flexibility index (Phi) is 4.77. The van der Waals surface area contributed by atoms with Crippen LogP contribution in [0.3, 0.4) is 0 Å². The lowest BCUT2D eigenvalue weighted by molar-refractivity contribution is -0.118. The van der Waals surface area contributed by atoms with Gasteiger partial charge in [-0.25, -0.2) is 0 Å². The maximum Gasteiger partial charge on any atom is 0.230 e. The van der Waals surface area contributed by atoms with E-state index in [1.54, 1.807) is 12.3 Å². The van der Waals surface area contributed by atoms with Crippen molar-refractivity contribution < 1.29 is 9.21 Å². The standard InChI is InChI=1S/C16H16N4O2S/c1-2-17-14(21)11-23-16-19-18-15(13-9-6-10-22-13)20(16)12-7-4-3-5-8-12/h3-10H,2,11H2,1H3,(H,17,21). The normalized spacial score (nSPS) is 10.7. The van der Waals surface area contributed by atoms with Crippen LogP contribution in [0, 0.1) is 0 Å². The molecular weight excluding hydrogens is 312 g/mol. The first-order valence-electron chi connectivity index (χ1n) is 7.24. The average molecular weight is 328 g/mol. The zero-order chi connectivity index (χ0) is 16.1. The van der Waals surface area contributed by atoms with E-state index in [1.807, 2.05) is 47.9 Å². The SMILES string of the molecule is CCNC(=O)CSc1nnc(-c2ccco2)n1-c1ccccc1. The first kappa shape index (κ1) is 15.4. The van der Waals surface area contributed by atoms with Gasteiger partial charge in [-0.15, -0.1) is 10.2 Å². The summed E-state index contributed by atoms with van der Waals surface area (Å²) in [5, 5.41) is 11.9. The highest BCUT2D eigenvalue weighted by atomic mass is 32.2. The predicted octanol–water partition coefficient (Wildman–Crippen LogP) is 2.76. The smallest absolute Gasteiger partial charge is 0.230 e. The monoisotopic (exact) mass is 328 g/mol. The van der Waals surface area contributed by atoms with Gasteiger partial charge in [0, 0.05) is 12.2 Å². The van der Waals surface area contributed by atoms with E-state index in [1.165, 1.54) is 11.8 Å². The highest BCUT2D eigenvalue weighted by Crippen LogP contribution is 2.27. The summed E-state index contributed by atoms with van der Waals surface area (Å²) in [5.41, 5.74) is 0.919. The number of rotatable bonds is 6. The first-order chi connectivity index (χ1) is 11.3. The zero-order valence-electron chi connectivity index (χ0n) is 12.6. The van der Waals surface area contributed by atoms with Crippen molar-refractivity contribution in [3.63, 3.8) is 0 Å². The summed E-state index contributed by atoms with van der Waals surface area (Å²) in [6.07, 6.45) is 1.60. The number of furan rings is 1. The Morgan fingerprint density at radius 3 is 2.74 bits per heavy atom. The summed E-state index contributed by atoms with van der Waals surface area (Å²) < 4.78 is 7.34. The lowest BCUT2D eigenvalue weighted by Gasteiger charge is -2.08. The molecule has 1 amide bonds. The highest BCUT2D eigenvalue weighted by molar-refractivity contribution is 7.99. The molecular formula is C16H16N4O2S. The van der Waals surface area contributed by atoms with Crippen molar-refractivity contribution in [3.05, 3.63) is 48.7 Å².